The van der Waals surface area contributed by atoms with Gasteiger partial charge < -0.3 is 14.8 Å². The van der Waals surface area contributed by atoms with Gasteiger partial charge in [-0.3, -0.25) is 4.40 Å². The molecule has 5 heterocycles. The number of H-pyrrole nitrogens is 1. The summed E-state index contributed by atoms with van der Waals surface area (Å²) < 4.78 is 1.97. The molecule has 0 saturated carbocycles. The zero-order valence-electron chi connectivity index (χ0n) is 14.0. The summed E-state index contributed by atoms with van der Waals surface area (Å²) in [6, 6.07) is 2.37. The fraction of sp³-hybridized carbons (Fsp3) is 0.312. The Morgan fingerprint density at radius 2 is 2.08 bits per heavy atom. The van der Waals surface area contributed by atoms with Crippen LogP contribution in [0, 0.1) is 6.92 Å². The van der Waals surface area contributed by atoms with Crippen molar-refractivity contribution in [3.05, 3.63) is 36.8 Å². The van der Waals surface area contributed by atoms with E-state index in [-0.39, 0.29) is 0 Å². The Balaban J connectivity index is 1.40. The van der Waals surface area contributed by atoms with Crippen LogP contribution in [-0.2, 0) is 0 Å². The minimum absolute atomic E-state index is 0.360. The monoisotopic (exact) mass is 335 g/mol. The van der Waals surface area contributed by atoms with Gasteiger partial charge in [-0.05, 0) is 13.0 Å². The van der Waals surface area contributed by atoms with E-state index in [1.54, 1.807) is 12.5 Å². The van der Waals surface area contributed by atoms with Gasteiger partial charge >= 0.3 is 0 Å². The summed E-state index contributed by atoms with van der Waals surface area (Å²) in [6.07, 6.45) is 7.18. The average molecular weight is 335 g/mol. The molecule has 0 unspecified atom stereocenters. The zero-order valence-corrected chi connectivity index (χ0v) is 14.0. The molecule has 0 atom stereocenters. The molecule has 0 amide bonds. The van der Waals surface area contributed by atoms with Crippen LogP contribution in [0.3, 0.4) is 0 Å². The second kappa shape index (κ2) is 5.13. The van der Waals surface area contributed by atoms with Crippen molar-refractivity contribution in [3.8, 4) is 0 Å². The first-order valence-corrected chi connectivity index (χ1v) is 8.14. The summed E-state index contributed by atoms with van der Waals surface area (Å²) in [5, 5.41) is 9.43. The van der Waals surface area contributed by atoms with Crippen molar-refractivity contribution >= 4 is 28.3 Å². The predicted octanol–water partition coefficient (Wildman–Crippen LogP) is 1.03. The van der Waals surface area contributed by atoms with Crippen LogP contribution >= 0.6 is 0 Å². The third kappa shape index (κ3) is 2.05. The molecule has 9 heteroatoms. The lowest BCUT2D eigenvalue weighted by Gasteiger charge is -2.45. The zero-order chi connectivity index (χ0) is 17.0. The number of hydrogen-bond acceptors (Lipinski definition) is 7. The number of anilines is 2. The smallest absolute Gasteiger partial charge is 0.203 e. The number of hydrogen-bond donors (Lipinski definition) is 1. The van der Waals surface area contributed by atoms with Gasteiger partial charge in [0.1, 0.15) is 23.6 Å². The van der Waals surface area contributed by atoms with Gasteiger partial charge in [0.15, 0.2) is 5.82 Å². The summed E-state index contributed by atoms with van der Waals surface area (Å²) >= 11 is 0. The van der Waals surface area contributed by atoms with Crippen molar-refractivity contribution in [2.45, 2.75) is 13.0 Å². The largest absolute Gasteiger partial charge is 0.352 e. The SMILES string of the molecule is Cc1nnc2c(N3CC(N(C)c4ncnc5[nH]ccc45)C3)nccn12. The van der Waals surface area contributed by atoms with Crippen LogP contribution in [0.25, 0.3) is 16.7 Å². The summed E-state index contributed by atoms with van der Waals surface area (Å²) in [5.41, 5.74) is 1.66. The van der Waals surface area contributed by atoms with E-state index in [1.807, 2.05) is 29.8 Å². The van der Waals surface area contributed by atoms with E-state index in [1.165, 1.54) is 0 Å². The number of nitrogens with one attached hydrogen (secondary N) is 1. The van der Waals surface area contributed by atoms with Crippen molar-refractivity contribution < 1.29 is 0 Å². The quantitative estimate of drug-likeness (QED) is 0.598. The maximum Gasteiger partial charge on any atom is 0.203 e. The van der Waals surface area contributed by atoms with Gasteiger partial charge in [0.2, 0.25) is 5.65 Å². The number of fused-ring (bicyclic) bond motifs is 2. The molecule has 0 spiro atoms. The van der Waals surface area contributed by atoms with E-state index in [0.29, 0.717) is 6.04 Å². The van der Waals surface area contributed by atoms with Crippen molar-refractivity contribution in [3.63, 3.8) is 0 Å². The van der Waals surface area contributed by atoms with E-state index in [9.17, 15) is 0 Å². The maximum atomic E-state index is 4.50. The summed E-state index contributed by atoms with van der Waals surface area (Å²) in [5.74, 6) is 2.69. The maximum absolute atomic E-state index is 4.50. The van der Waals surface area contributed by atoms with Crippen LogP contribution in [0.4, 0.5) is 11.6 Å². The predicted molar refractivity (Wildman–Crippen MR) is 93.8 cm³/mol. The average Bonchev–Trinajstić information content (AvgIpc) is 3.20. The standard InChI is InChI=1S/C16H17N9/c1-10-21-22-16-15(18-5-6-25(10)16)24-7-11(8-24)23(2)14-12-3-4-17-13(12)19-9-20-14/h3-6,9,11H,7-8H2,1-2H3,(H,17,19,20). The lowest BCUT2D eigenvalue weighted by Crippen LogP contribution is -2.59. The Hall–Kier alpha value is -3.23. The molecule has 126 valence electrons. The molecule has 1 aliphatic heterocycles. The molecular formula is C16H17N9. The fourth-order valence-corrected chi connectivity index (χ4v) is 3.34. The van der Waals surface area contributed by atoms with Gasteiger partial charge in [-0.25, -0.2) is 15.0 Å². The first kappa shape index (κ1) is 14.1. The summed E-state index contributed by atoms with van der Waals surface area (Å²) in [6.45, 7) is 3.67. The van der Waals surface area contributed by atoms with E-state index < -0.39 is 0 Å². The van der Waals surface area contributed by atoms with Crippen LogP contribution in [0.15, 0.2) is 31.0 Å². The van der Waals surface area contributed by atoms with E-state index in [0.717, 1.165) is 47.2 Å². The van der Waals surface area contributed by atoms with Gasteiger partial charge in [0.05, 0.1) is 11.4 Å². The lowest BCUT2D eigenvalue weighted by molar-refractivity contribution is 0.491. The summed E-state index contributed by atoms with van der Waals surface area (Å²) in [4.78, 5) is 20.8. The van der Waals surface area contributed by atoms with Crippen molar-refractivity contribution in [2.75, 3.05) is 29.9 Å². The third-order valence-corrected chi connectivity index (χ3v) is 4.86. The minimum atomic E-state index is 0.360. The van der Waals surface area contributed by atoms with Crippen LogP contribution < -0.4 is 9.80 Å². The number of aromatic nitrogens is 7. The lowest BCUT2D eigenvalue weighted by atomic mass is 10.1. The van der Waals surface area contributed by atoms with Crippen LogP contribution in [0.2, 0.25) is 0 Å². The highest BCUT2D eigenvalue weighted by atomic mass is 15.4. The number of nitrogens with zero attached hydrogens (tertiary/aromatic N) is 8. The molecule has 0 aliphatic carbocycles. The Morgan fingerprint density at radius 3 is 2.96 bits per heavy atom. The Morgan fingerprint density at radius 1 is 1.20 bits per heavy atom. The van der Waals surface area contributed by atoms with Gasteiger partial charge in [-0.1, -0.05) is 0 Å². The number of aryl methyl sites for hydroxylation is 1. The molecule has 4 aromatic rings. The second-order valence-electron chi connectivity index (χ2n) is 6.30. The van der Waals surface area contributed by atoms with Crippen molar-refractivity contribution in [1.82, 2.24) is 34.5 Å². The Labute approximate surface area is 143 Å². The first-order chi connectivity index (χ1) is 12.2. The van der Waals surface area contributed by atoms with Gasteiger partial charge in [0, 0.05) is 38.7 Å². The molecule has 5 rings (SSSR count). The van der Waals surface area contributed by atoms with E-state index in [4.69, 9.17) is 0 Å². The highest BCUT2D eigenvalue weighted by Crippen LogP contribution is 2.29. The van der Waals surface area contributed by atoms with Crippen molar-refractivity contribution in [1.29, 1.82) is 0 Å². The molecule has 9 nitrogen and oxygen atoms in total. The molecule has 1 N–H and O–H groups in total. The van der Waals surface area contributed by atoms with Gasteiger partial charge in [-0.2, -0.15) is 0 Å². The highest BCUT2D eigenvalue weighted by molar-refractivity contribution is 5.87. The first-order valence-electron chi connectivity index (χ1n) is 8.14. The molecule has 0 aromatic carbocycles. The number of aromatic amines is 1. The van der Waals surface area contributed by atoms with Crippen LogP contribution in [0.5, 0.6) is 0 Å². The molecule has 25 heavy (non-hydrogen) atoms. The third-order valence-electron chi connectivity index (χ3n) is 4.86. The Bertz CT molecular complexity index is 1060. The molecule has 1 fully saturated rings. The van der Waals surface area contributed by atoms with Crippen LogP contribution in [-0.4, -0.2) is 60.7 Å². The van der Waals surface area contributed by atoms with E-state index >= 15 is 0 Å². The van der Waals surface area contributed by atoms with Crippen molar-refractivity contribution in [2.24, 2.45) is 0 Å². The van der Waals surface area contributed by atoms with Crippen LogP contribution in [0.1, 0.15) is 5.82 Å². The molecule has 1 aliphatic rings. The second-order valence-corrected chi connectivity index (χ2v) is 6.30. The molecule has 1 saturated heterocycles. The molecule has 0 bridgehead atoms. The highest BCUT2D eigenvalue weighted by Gasteiger charge is 2.33. The fourth-order valence-electron chi connectivity index (χ4n) is 3.34. The molecule has 0 radical (unpaired) electrons. The van der Waals surface area contributed by atoms with Gasteiger partial charge in [-0.15, -0.1) is 10.2 Å². The van der Waals surface area contributed by atoms with E-state index in [2.05, 4.69) is 47.0 Å². The minimum Gasteiger partial charge on any atom is -0.352 e. The topological polar surface area (TPSA) is 91.1 Å². The normalized spacial score (nSPS) is 15.0. The molecular weight excluding hydrogens is 318 g/mol. The number of rotatable bonds is 3. The molecule has 4 aromatic heterocycles. The van der Waals surface area contributed by atoms with Gasteiger partial charge in [0.25, 0.3) is 0 Å². The summed E-state index contributed by atoms with van der Waals surface area (Å²) in [7, 11) is 2.08. The Kier molecular flexibility index (Phi) is 2.90. The number of likely N-dealkylation sites (N-methyl/N-ethyl adjacent to an activating group) is 1.